The number of benzene rings is 1. The summed E-state index contributed by atoms with van der Waals surface area (Å²) in [6, 6.07) is 8.81. The number of ketones is 1. The molecular formula is C24H36N3O2+. The zero-order valence-corrected chi connectivity index (χ0v) is 18.8. The second-order valence-corrected chi connectivity index (χ2v) is 8.52. The number of piperazine rings is 1. The number of carbonyl (C=O) groups is 1. The number of rotatable bonds is 7. The van der Waals surface area contributed by atoms with Crippen molar-refractivity contribution in [1.29, 1.82) is 0 Å². The monoisotopic (exact) mass is 398 g/mol. The first-order valence-corrected chi connectivity index (χ1v) is 10.7. The molecule has 0 aliphatic carbocycles. The van der Waals surface area contributed by atoms with E-state index in [1.165, 1.54) is 21.7 Å². The third kappa shape index (κ3) is 4.57. The molecular weight excluding hydrogens is 362 g/mol. The smallest absolute Gasteiger partial charge is 0.218 e. The van der Waals surface area contributed by atoms with Gasteiger partial charge in [-0.05, 0) is 57.9 Å². The van der Waals surface area contributed by atoms with Crippen LogP contribution in [0.1, 0.15) is 45.8 Å². The highest BCUT2D eigenvalue weighted by atomic mass is 16.5. The maximum atomic E-state index is 13.1. The summed E-state index contributed by atoms with van der Waals surface area (Å²) in [5.41, 5.74) is 7.10. The van der Waals surface area contributed by atoms with Crippen molar-refractivity contribution in [3.63, 3.8) is 0 Å². The molecule has 1 aliphatic rings. The predicted octanol–water partition coefficient (Wildman–Crippen LogP) is 2.52. The van der Waals surface area contributed by atoms with Gasteiger partial charge in [0, 0.05) is 29.7 Å². The molecule has 1 fully saturated rings. The summed E-state index contributed by atoms with van der Waals surface area (Å²) < 4.78 is 7.53. The van der Waals surface area contributed by atoms with Crippen molar-refractivity contribution >= 4 is 11.5 Å². The van der Waals surface area contributed by atoms with Crippen LogP contribution in [-0.4, -0.2) is 56.8 Å². The Morgan fingerprint density at radius 3 is 2.52 bits per heavy atom. The number of methoxy groups -OCH3 is 1. The van der Waals surface area contributed by atoms with Crippen LogP contribution in [-0.2, 0) is 4.74 Å². The van der Waals surface area contributed by atoms with Gasteiger partial charge in [-0.3, -0.25) is 4.79 Å². The summed E-state index contributed by atoms with van der Waals surface area (Å²) in [7, 11) is 1.72. The first kappa shape index (κ1) is 21.6. The standard InChI is InChI=1S/C24H35N3O2/c1-17-8-7-9-23(20(17)4)26-12-10-25(11-13-26)15-24(28)22-14-18(2)27(21(22)5)19(3)16-29-6/h7-9,14,19H,10-13,15-16H2,1-6H3/p+1/t19-/m1/s1. The summed E-state index contributed by atoms with van der Waals surface area (Å²) >= 11 is 0. The van der Waals surface area contributed by atoms with E-state index in [0.717, 1.165) is 43.1 Å². The number of carbonyl (C=O) groups excluding carboxylic acids is 1. The topological polar surface area (TPSA) is 38.9 Å². The zero-order chi connectivity index (χ0) is 21.1. The first-order chi connectivity index (χ1) is 13.8. The molecule has 1 aromatic heterocycles. The molecule has 3 rings (SSSR count). The Morgan fingerprint density at radius 1 is 1.17 bits per heavy atom. The molecule has 5 heteroatoms. The number of nitrogens with zero attached hydrogens (tertiary/aromatic N) is 2. The third-order valence-electron chi connectivity index (χ3n) is 6.43. The SMILES string of the molecule is COC[C@@H](C)n1c(C)cc(C(=O)C[NH+]2CCN(c3cccc(C)c3C)CC2)c1C. The van der Waals surface area contributed by atoms with Crippen molar-refractivity contribution < 1.29 is 14.4 Å². The Labute approximate surface area is 175 Å². The fraction of sp³-hybridized carbons (Fsp3) is 0.542. The van der Waals surface area contributed by atoms with E-state index in [2.05, 4.69) is 68.4 Å². The van der Waals surface area contributed by atoms with Crippen LogP contribution in [0.25, 0.3) is 0 Å². The van der Waals surface area contributed by atoms with Gasteiger partial charge in [-0.2, -0.15) is 0 Å². The van der Waals surface area contributed by atoms with E-state index in [-0.39, 0.29) is 11.8 Å². The molecule has 0 spiro atoms. The average molecular weight is 399 g/mol. The molecule has 0 saturated carbocycles. The first-order valence-electron chi connectivity index (χ1n) is 10.7. The number of aryl methyl sites for hydroxylation is 2. The number of Topliss-reactive ketones (excluding diaryl/α,β-unsaturated/α-hetero) is 1. The minimum absolute atomic E-state index is 0.231. The largest absolute Gasteiger partial charge is 0.383 e. The molecule has 0 bridgehead atoms. The number of hydrogen-bond donors (Lipinski definition) is 1. The summed E-state index contributed by atoms with van der Waals surface area (Å²) in [5, 5.41) is 0. The molecule has 1 atom stereocenters. The summed E-state index contributed by atoms with van der Waals surface area (Å²) in [5.74, 6) is 0.254. The van der Waals surface area contributed by atoms with Crippen LogP contribution in [0.5, 0.6) is 0 Å². The lowest BCUT2D eigenvalue weighted by Crippen LogP contribution is -3.15. The fourth-order valence-electron chi connectivity index (χ4n) is 4.69. The molecule has 29 heavy (non-hydrogen) atoms. The lowest BCUT2D eigenvalue weighted by atomic mass is 10.1. The second-order valence-electron chi connectivity index (χ2n) is 8.52. The van der Waals surface area contributed by atoms with Crippen molar-refractivity contribution in [3.05, 3.63) is 52.3 Å². The van der Waals surface area contributed by atoms with Crippen molar-refractivity contribution in [3.8, 4) is 0 Å². The maximum absolute atomic E-state index is 13.1. The number of aromatic nitrogens is 1. The number of anilines is 1. The molecule has 1 saturated heterocycles. The maximum Gasteiger partial charge on any atom is 0.218 e. The molecule has 0 amide bonds. The van der Waals surface area contributed by atoms with Gasteiger partial charge in [0.15, 0.2) is 0 Å². The number of nitrogens with one attached hydrogen (secondary N) is 1. The van der Waals surface area contributed by atoms with E-state index >= 15 is 0 Å². The third-order valence-corrected chi connectivity index (χ3v) is 6.43. The highest BCUT2D eigenvalue weighted by Crippen LogP contribution is 2.23. The summed E-state index contributed by atoms with van der Waals surface area (Å²) in [6.45, 7) is 15.8. The van der Waals surface area contributed by atoms with Crippen molar-refractivity contribution in [1.82, 2.24) is 4.57 Å². The van der Waals surface area contributed by atoms with Gasteiger partial charge >= 0.3 is 0 Å². The number of hydrogen-bond acceptors (Lipinski definition) is 3. The molecule has 158 valence electrons. The molecule has 5 nitrogen and oxygen atoms in total. The van der Waals surface area contributed by atoms with E-state index in [4.69, 9.17) is 4.74 Å². The Morgan fingerprint density at radius 2 is 1.86 bits per heavy atom. The van der Waals surface area contributed by atoms with Crippen LogP contribution in [0.3, 0.4) is 0 Å². The van der Waals surface area contributed by atoms with E-state index in [1.807, 2.05) is 0 Å². The van der Waals surface area contributed by atoms with Gasteiger partial charge in [0.2, 0.25) is 5.78 Å². The predicted molar refractivity (Wildman–Crippen MR) is 119 cm³/mol. The van der Waals surface area contributed by atoms with Crippen LogP contribution < -0.4 is 9.80 Å². The van der Waals surface area contributed by atoms with Gasteiger partial charge in [-0.25, -0.2) is 0 Å². The molecule has 0 radical (unpaired) electrons. The van der Waals surface area contributed by atoms with E-state index in [0.29, 0.717) is 13.2 Å². The number of ether oxygens (including phenoxy) is 1. The quantitative estimate of drug-likeness (QED) is 0.729. The highest BCUT2D eigenvalue weighted by Gasteiger charge is 2.26. The van der Waals surface area contributed by atoms with E-state index in [1.54, 1.807) is 7.11 Å². The van der Waals surface area contributed by atoms with Gasteiger partial charge in [0.1, 0.15) is 6.54 Å². The molecule has 0 unspecified atom stereocenters. The van der Waals surface area contributed by atoms with Crippen molar-refractivity contribution in [2.45, 2.75) is 40.7 Å². The highest BCUT2D eigenvalue weighted by molar-refractivity contribution is 5.98. The van der Waals surface area contributed by atoms with Gasteiger partial charge in [-0.1, -0.05) is 12.1 Å². The number of quaternary nitrogens is 1. The minimum Gasteiger partial charge on any atom is -0.383 e. The molecule has 2 heterocycles. The van der Waals surface area contributed by atoms with Crippen LogP contribution in [0.15, 0.2) is 24.3 Å². The molecule has 1 aliphatic heterocycles. The molecule has 1 N–H and O–H groups in total. The van der Waals surface area contributed by atoms with Crippen molar-refractivity contribution in [2.24, 2.45) is 0 Å². The van der Waals surface area contributed by atoms with Gasteiger partial charge < -0.3 is 19.1 Å². The normalized spacial score (nSPS) is 16.3. The molecule has 1 aromatic carbocycles. The Kier molecular flexibility index (Phi) is 6.81. The van der Waals surface area contributed by atoms with Crippen LogP contribution in [0, 0.1) is 27.7 Å². The van der Waals surface area contributed by atoms with Gasteiger partial charge in [0.05, 0.1) is 38.8 Å². The van der Waals surface area contributed by atoms with Crippen LogP contribution >= 0.6 is 0 Å². The average Bonchev–Trinajstić information content (AvgIpc) is 2.99. The Hall–Kier alpha value is -2.11. The summed E-state index contributed by atoms with van der Waals surface area (Å²) in [6.07, 6.45) is 0. The Bertz CT molecular complexity index is 863. The molecule has 2 aromatic rings. The lowest BCUT2D eigenvalue weighted by molar-refractivity contribution is -0.892. The van der Waals surface area contributed by atoms with E-state index in [9.17, 15) is 4.79 Å². The van der Waals surface area contributed by atoms with Crippen LogP contribution in [0.4, 0.5) is 5.69 Å². The minimum atomic E-state index is 0.231. The lowest BCUT2D eigenvalue weighted by Gasteiger charge is -2.34. The van der Waals surface area contributed by atoms with Crippen LogP contribution in [0.2, 0.25) is 0 Å². The zero-order valence-electron chi connectivity index (χ0n) is 18.8. The van der Waals surface area contributed by atoms with E-state index < -0.39 is 0 Å². The second kappa shape index (κ2) is 9.14. The fourth-order valence-corrected chi connectivity index (χ4v) is 4.69. The van der Waals surface area contributed by atoms with Gasteiger partial charge in [-0.15, -0.1) is 0 Å². The van der Waals surface area contributed by atoms with Crippen molar-refractivity contribution in [2.75, 3.05) is 51.3 Å². The Balaban J connectivity index is 1.63. The summed E-state index contributed by atoms with van der Waals surface area (Å²) in [4.78, 5) is 16.9. The van der Waals surface area contributed by atoms with Gasteiger partial charge in [0.25, 0.3) is 0 Å².